The van der Waals surface area contributed by atoms with Gasteiger partial charge in [-0.1, -0.05) is 43.7 Å². The van der Waals surface area contributed by atoms with E-state index in [9.17, 15) is 4.79 Å². The Morgan fingerprint density at radius 2 is 1.83 bits per heavy atom. The summed E-state index contributed by atoms with van der Waals surface area (Å²) in [6.07, 6.45) is 2.64. The molecule has 0 amide bonds. The minimum Gasteiger partial charge on any atom is -0.460 e. The molecule has 18 heavy (non-hydrogen) atoms. The van der Waals surface area contributed by atoms with Crippen LogP contribution < -0.4 is 0 Å². The van der Waals surface area contributed by atoms with Crippen LogP contribution in [0.3, 0.4) is 0 Å². The zero-order valence-electron chi connectivity index (χ0n) is 11.9. The van der Waals surface area contributed by atoms with Crippen LogP contribution >= 0.6 is 0 Å². The summed E-state index contributed by atoms with van der Waals surface area (Å²) >= 11 is 0. The molecule has 0 heterocycles. The second kappa shape index (κ2) is 6.58. The average Bonchev–Trinajstić information content (AvgIpc) is 2.27. The number of hydrogen-bond acceptors (Lipinski definition) is 2. The van der Waals surface area contributed by atoms with E-state index in [0.29, 0.717) is 0 Å². The fourth-order valence-electron chi connectivity index (χ4n) is 1.94. The molecule has 1 unspecified atom stereocenters. The monoisotopic (exact) mass is 248 g/mol. The molecule has 0 bridgehead atoms. The molecule has 0 saturated heterocycles. The van der Waals surface area contributed by atoms with Crippen molar-refractivity contribution in [1.29, 1.82) is 0 Å². The lowest BCUT2D eigenvalue weighted by Gasteiger charge is -2.24. The Labute approximate surface area is 110 Å². The Morgan fingerprint density at radius 3 is 2.33 bits per heavy atom. The third-order valence-electron chi connectivity index (χ3n) is 2.70. The third kappa shape index (κ3) is 5.35. The molecule has 1 aromatic rings. The number of rotatable bonds is 5. The molecular weight excluding hydrogens is 224 g/mol. The van der Waals surface area contributed by atoms with E-state index in [1.54, 1.807) is 0 Å². The summed E-state index contributed by atoms with van der Waals surface area (Å²) in [5.41, 5.74) is 0.793. The summed E-state index contributed by atoms with van der Waals surface area (Å²) in [6.45, 7) is 7.84. The molecule has 0 radical (unpaired) electrons. The van der Waals surface area contributed by atoms with Crippen LogP contribution in [-0.4, -0.2) is 11.6 Å². The van der Waals surface area contributed by atoms with Gasteiger partial charge in [-0.15, -0.1) is 0 Å². The first-order chi connectivity index (χ1) is 8.42. The number of esters is 1. The summed E-state index contributed by atoms with van der Waals surface area (Å²) in [5.74, 6) is -0.107. The van der Waals surface area contributed by atoms with Crippen molar-refractivity contribution in [3.8, 4) is 0 Å². The number of ether oxygens (including phenoxy) is 1. The van der Waals surface area contributed by atoms with Crippen LogP contribution in [0.15, 0.2) is 30.3 Å². The van der Waals surface area contributed by atoms with Gasteiger partial charge in [-0.3, -0.25) is 4.79 Å². The van der Waals surface area contributed by atoms with Gasteiger partial charge in [0.05, 0.1) is 5.92 Å². The molecule has 100 valence electrons. The molecule has 0 fully saturated rings. The lowest BCUT2D eigenvalue weighted by atomic mass is 9.95. The minimum absolute atomic E-state index is 0.0309. The van der Waals surface area contributed by atoms with Gasteiger partial charge in [-0.2, -0.15) is 0 Å². The van der Waals surface area contributed by atoms with Gasteiger partial charge < -0.3 is 4.74 Å². The molecule has 0 aliphatic heterocycles. The van der Waals surface area contributed by atoms with Gasteiger partial charge in [0.2, 0.25) is 0 Å². The summed E-state index contributed by atoms with van der Waals surface area (Å²) in [7, 11) is 0. The Kier molecular flexibility index (Phi) is 5.39. The van der Waals surface area contributed by atoms with E-state index in [1.165, 1.54) is 5.56 Å². The van der Waals surface area contributed by atoms with Gasteiger partial charge in [0, 0.05) is 0 Å². The Balaban J connectivity index is 2.68. The van der Waals surface area contributed by atoms with E-state index in [0.717, 1.165) is 19.3 Å². The van der Waals surface area contributed by atoms with Gasteiger partial charge in [-0.05, 0) is 39.2 Å². The standard InChI is InChI=1S/C16H24O2/c1-5-9-14(15(17)18-16(2,3)4)12-13-10-7-6-8-11-13/h6-8,10-11,14H,5,9,12H2,1-4H3. The van der Waals surface area contributed by atoms with Crippen LogP contribution in [0.4, 0.5) is 0 Å². The largest absolute Gasteiger partial charge is 0.460 e. The first-order valence-electron chi connectivity index (χ1n) is 6.69. The highest BCUT2D eigenvalue weighted by atomic mass is 16.6. The molecule has 1 atom stereocenters. The summed E-state index contributed by atoms with van der Waals surface area (Å²) in [6, 6.07) is 10.1. The average molecular weight is 248 g/mol. The normalized spacial score (nSPS) is 13.1. The van der Waals surface area contributed by atoms with Crippen LogP contribution in [0.5, 0.6) is 0 Å². The summed E-state index contributed by atoms with van der Waals surface area (Å²) < 4.78 is 5.49. The molecule has 1 aromatic carbocycles. The topological polar surface area (TPSA) is 26.3 Å². The van der Waals surface area contributed by atoms with Crippen molar-refractivity contribution in [2.24, 2.45) is 5.92 Å². The number of carbonyl (C=O) groups is 1. The Bertz CT molecular complexity index is 362. The molecule has 0 N–H and O–H groups in total. The van der Waals surface area contributed by atoms with Crippen LogP contribution in [0.1, 0.15) is 46.1 Å². The quantitative estimate of drug-likeness (QED) is 0.736. The van der Waals surface area contributed by atoms with E-state index >= 15 is 0 Å². The lowest BCUT2D eigenvalue weighted by molar-refractivity contribution is -0.160. The molecule has 0 aliphatic rings. The Hall–Kier alpha value is -1.31. The van der Waals surface area contributed by atoms with Crippen molar-refractivity contribution in [1.82, 2.24) is 0 Å². The van der Waals surface area contributed by atoms with Crippen molar-refractivity contribution in [3.63, 3.8) is 0 Å². The summed E-state index contributed by atoms with van der Waals surface area (Å²) in [5, 5.41) is 0. The molecule has 0 aromatic heterocycles. The molecule has 0 spiro atoms. The number of carbonyl (C=O) groups excluding carboxylic acids is 1. The molecule has 2 nitrogen and oxygen atoms in total. The molecular formula is C16H24O2. The van der Waals surface area contributed by atoms with E-state index in [1.807, 2.05) is 39.0 Å². The van der Waals surface area contributed by atoms with Crippen LogP contribution in [-0.2, 0) is 16.0 Å². The van der Waals surface area contributed by atoms with Crippen molar-refractivity contribution >= 4 is 5.97 Å². The van der Waals surface area contributed by atoms with Gasteiger partial charge in [-0.25, -0.2) is 0 Å². The van der Waals surface area contributed by atoms with Gasteiger partial charge in [0.15, 0.2) is 0 Å². The fraction of sp³-hybridized carbons (Fsp3) is 0.562. The second-order valence-electron chi connectivity index (χ2n) is 5.71. The van der Waals surface area contributed by atoms with Crippen LogP contribution in [0, 0.1) is 5.92 Å². The van der Waals surface area contributed by atoms with Crippen molar-refractivity contribution < 1.29 is 9.53 Å². The summed E-state index contributed by atoms with van der Waals surface area (Å²) in [4.78, 5) is 12.1. The number of benzene rings is 1. The minimum atomic E-state index is -0.403. The third-order valence-corrected chi connectivity index (χ3v) is 2.70. The second-order valence-corrected chi connectivity index (χ2v) is 5.71. The highest BCUT2D eigenvalue weighted by molar-refractivity contribution is 5.73. The van der Waals surface area contributed by atoms with Crippen LogP contribution in [0.25, 0.3) is 0 Å². The maximum absolute atomic E-state index is 12.1. The number of hydrogen-bond donors (Lipinski definition) is 0. The van der Waals surface area contributed by atoms with Crippen molar-refractivity contribution in [2.45, 2.75) is 52.6 Å². The van der Waals surface area contributed by atoms with Crippen molar-refractivity contribution in [3.05, 3.63) is 35.9 Å². The van der Waals surface area contributed by atoms with Gasteiger partial charge >= 0.3 is 5.97 Å². The van der Waals surface area contributed by atoms with E-state index in [4.69, 9.17) is 4.74 Å². The van der Waals surface area contributed by atoms with Crippen molar-refractivity contribution in [2.75, 3.05) is 0 Å². The molecule has 1 rings (SSSR count). The molecule has 0 saturated carbocycles. The Morgan fingerprint density at radius 1 is 1.22 bits per heavy atom. The first kappa shape index (κ1) is 14.7. The van der Waals surface area contributed by atoms with Crippen LogP contribution in [0.2, 0.25) is 0 Å². The highest BCUT2D eigenvalue weighted by Gasteiger charge is 2.24. The molecule has 0 aliphatic carbocycles. The van der Waals surface area contributed by atoms with E-state index in [2.05, 4.69) is 19.1 Å². The SMILES string of the molecule is CCCC(Cc1ccccc1)C(=O)OC(C)(C)C. The zero-order chi connectivity index (χ0) is 13.6. The molecule has 2 heteroatoms. The maximum Gasteiger partial charge on any atom is 0.309 e. The maximum atomic E-state index is 12.1. The zero-order valence-corrected chi connectivity index (χ0v) is 11.9. The fourth-order valence-corrected chi connectivity index (χ4v) is 1.94. The predicted octanol–water partition coefficient (Wildman–Crippen LogP) is 3.99. The predicted molar refractivity (Wildman–Crippen MR) is 74.4 cm³/mol. The smallest absolute Gasteiger partial charge is 0.309 e. The first-order valence-corrected chi connectivity index (χ1v) is 6.69. The highest BCUT2D eigenvalue weighted by Crippen LogP contribution is 2.19. The van der Waals surface area contributed by atoms with Gasteiger partial charge in [0.25, 0.3) is 0 Å². The van der Waals surface area contributed by atoms with E-state index < -0.39 is 5.60 Å². The lowest BCUT2D eigenvalue weighted by Crippen LogP contribution is -2.29. The van der Waals surface area contributed by atoms with Gasteiger partial charge in [0.1, 0.15) is 5.60 Å². The van der Waals surface area contributed by atoms with E-state index in [-0.39, 0.29) is 11.9 Å².